The monoisotopic (exact) mass is 423 g/mol. The van der Waals surface area contributed by atoms with Gasteiger partial charge in [0, 0.05) is 50.0 Å². The molecule has 9 heteroatoms. The van der Waals surface area contributed by atoms with Gasteiger partial charge in [-0.1, -0.05) is 6.92 Å². The molecule has 1 unspecified atom stereocenters. The van der Waals surface area contributed by atoms with E-state index in [0.29, 0.717) is 24.0 Å². The van der Waals surface area contributed by atoms with E-state index >= 15 is 0 Å². The van der Waals surface area contributed by atoms with Crippen LogP contribution >= 0.6 is 0 Å². The summed E-state index contributed by atoms with van der Waals surface area (Å²) in [4.78, 5) is 6.81. The van der Waals surface area contributed by atoms with Gasteiger partial charge in [0.25, 0.3) is 0 Å². The maximum atomic E-state index is 11.3. The standard InChI is InChI=1S/C20H29N3O5S/c1-14(13-22(2)29(24,25)26)15-6-9-23(10-7-15)18-5-8-21-17-12-20(28-4)19(27-3)11-16(17)18/h5,8,11-12,14-15H,6-7,9-10,13H2,1-4H3,(H,24,25,26). The molecule has 8 nitrogen and oxygen atoms in total. The number of fused-ring (bicyclic) bond motifs is 1. The highest BCUT2D eigenvalue weighted by molar-refractivity contribution is 7.83. The Labute approximate surface area is 172 Å². The molecule has 0 radical (unpaired) electrons. The van der Waals surface area contributed by atoms with Crippen molar-refractivity contribution in [2.45, 2.75) is 19.8 Å². The predicted octanol–water partition coefficient (Wildman–Crippen LogP) is 2.84. The number of methoxy groups -OCH3 is 2. The molecule has 1 saturated heterocycles. The first-order chi connectivity index (χ1) is 13.7. The molecule has 2 heterocycles. The van der Waals surface area contributed by atoms with Crippen LogP contribution < -0.4 is 14.4 Å². The number of anilines is 1. The van der Waals surface area contributed by atoms with Crippen molar-refractivity contribution >= 4 is 26.9 Å². The van der Waals surface area contributed by atoms with Crippen LogP contribution in [0.25, 0.3) is 10.9 Å². The lowest BCUT2D eigenvalue weighted by Gasteiger charge is -2.37. The summed E-state index contributed by atoms with van der Waals surface area (Å²) in [6.45, 7) is 4.11. The fraction of sp³-hybridized carbons (Fsp3) is 0.550. The SMILES string of the molecule is COc1cc2nccc(N3CCC(C(C)CN(C)S(=O)(=O)O)CC3)c2cc1OC. The van der Waals surface area contributed by atoms with Crippen LogP contribution in [0.5, 0.6) is 11.5 Å². The number of hydrogen-bond donors (Lipinski definition) is 1. The van der Waals surface area contributed by atoms with Crippen LogP contribution in [0.4, 0.5) is 5.69 Å². The Morgan fingerprint density at radius 1 is 1.24 bits per heavy atom. The smallest absolute Gasteiger partial charge is 0.335 e. The summed E-state index contributed by atoms with van der Waals surface area (Å²) in [6.07, 6.45) is 3.72. The Kier molecular flexibility index (Phi) is 6.50. The molecule has 1 atom stereocenters. The molecule has 1 fully saturated rings. The molecule has 0 spiro atoms. The van der Waals surface area contributed by atoms with E-state index in [2.05, 4.69) is 9.88 Å². The van der Waals surface area contributed by atoms with Crippen molar-refractivity contribution in [3.63, 3.8) is 0 Å². The van der Waals surface area contributed by atoms with E-state index in [1.54, 1.807) is 20.4 Å². The zero-order chi connectivity index (χ0) is 21.2. The van der Waals surface area contributed by atoms with Gasteiger partial charge in [-0.25, -0.2) is 0 Å². The number of nitrogens with zero attached hydrogens (tertiary/aromatic N) is 3. The van der Waals surface area contributed by atoms with Crippen molar-refractivity contribution < 1.29 is 22.4 Å². The normalized spacial score (nSPS) is 17.0. The van der Waals surface area contributed by atoms with Gasteiger partial charge in [0.05, 0.1) is 19.7 Å². The summed E-state index contributed by atoms with van der Waals surface area (Å²) >= 11 is 0. The van der Waals surface area contributed by atoms with Gasteiger partial charge >= 0.3 is 10.3 Å². The number of benzene rings is 1. The lowest BCUT2D eigenvalue weighted by Crippen LogP contribution is -2.39. The first-order valence-corrected chi connectivity index (χ1v) is 11.1. The maximum Gasteiger partial charge on any atom is 0.335 e. The molecule has 160 valence electrons. The minimum Gasteiger partial charge on any atom is -0.493 e. The third-order valence-electron chi connectivity index (χ3n) is 5.85. The van der Waals surface area contributed by atoms with Crippen LogP contribution in [0, 0.1) is 11.8 Å². The van der Waals surface area contributed by atoms with Crippen LogP contribution in [0.1, 0.15) is 19.8 Å². The average Bonchev–Trinajstić information content (AvgIpc) is 2.71. The molecule has 29 heavy (non-hydrogen) atoms. The first-order valence-electron chi connectivity index (χ1n) is 9.69. The summed E-state index contributed by atoms with van der Waals surface area (Å²) in [5.74, 6) is 1.90. The van der Waals surface area contributed by atoms with Crippen LogP contribution in [0.2, 0.25) is 0 Å². The van der Waals surface area contributed by atoms with Gasteiger partial charge in [-0.2, -0.15) is 12.7 Å². The second-order valence-electron chi connectivity index (χ2n) is 7.61. The minimum absolute atomic E-state index is 0.169. The number of pyridine rings is 1. The van der Waals surface area contributed by atoms with Crippen molar-refractivity contribution in [2.75, 3.05) is 45.8 Å². The number of piperidine rings is 1. The Morgan fingerprint density at radius 3 is 2.45 bits per heavy atom. The minimum atomic E-state index is -4.13. The lowest BCUT2D eigenvalue weighted by atomic mass is 9.85. The molecule has 0 saturated carbocycles. The second kappa shape index (κ2) is 8.73. The molecule has 1 aromatic carbocycles. The second-order valence-corrected chi connectivity index (χ2v) is 9.13. The topological polar surface area (TPSA) is 92.2 Å². The van der Waals surface area contributed by atoms with Crippen LogP contribution in [-0.2, 0) is 10.3 Å². The van der Waals surface area contributed by atoms with Gasteiger partial charge in [0.2, 0.25) is 0 Å². The molecule has 0 bridgehead atoms. The molecular weight excluding hydrogens is 394 g/mol. The van der Waals surface area contributed by atoms with Crippen LogP contribution in [0.3, 0.4) is 0 Å². The van der Waals surface area contributed by atoms with E-state index in [9.17, 15) is 8.42 Å². The number of hydrogen-bond acceptors (Lipinski definition) is 6. The molecule has 3 rings (SSSR count). The summed E-state index contributed by atoms with van der Waals surface area (Å²) < 4.78 is 43.5. The quantitative estimate of drug-likeness (QED) is 0.685. The largest absolute Gasteiger partial charge is 0.493 e. The van der Waals surface area contributed by atoms with Gasteiger partial charge in [-0.3, -0.25) is 9.54 Å². The maximum absolute atomic E-state index is 11.3. The molecule has 1 aliphatic rings. The molecule has 2 aromatic rings. The summed E-state index contributed by atoms with van der Waals surface area (Å²) in [5, 5.41) is 1.02. The number of aromatic nitrogens is 1. The highest BCUT2D eigenvalue weighted by Gasteiger charge is 2.27. The van der Waals surface area contributed by atoms with E-state index < -0.39 is 10.3 Å². The highest BCUT2D eigenvalue weighted by Crippen LogP contribution is 2.37. The van der Waals surface area contributed by atoms with E-state index in [1.807, 2.05) is 25.1 Å². The van der Waals surface area contributed by atoms with Crippen molar-refractivity contribution in [3.05, 3.63) is 24.4 Å². The number of ether oxygens (including phenoxy) is 2. The Morgan fingerprint density at radius 2 is 1.86 bits per heavy atom. The van der Waals surface area contributed by atoms with Gasteiger partial charge in [-0.05, 0) is 36.8 Å². The van der Waals surface area contributed by atoms with Crippen LogP contribution in [-0.4, -0.2) is 63.2 Å². The van der Waals surface area contributed by atoms with Crippen molar-refractivity contribution in [2.24, 2.45) is 11.8 Å². The summed E-state index contributed by atoms with van der Waals surface area (Å²) in [7, 11) is 0.507. The zero-order valence-electron chi connectivity index (χ0n) is 17.3. The molecular formula is C20H29N3O5S. The van der Waals surface area contributed by atoms with E-state index in [-0.39, 0.29) is 5.92 Å². The fourth-order valence-corrected chi connectivity index (χ4v) is 4.52. The Bertz CT molecular complexity index is 958. The molecule has 1 aliphatic heterocycles. The van der Waals surface area contributed by atoms with Gasteiger partial charge in [0.1, 0.15) is 0 Å². The van der Waals surface area contributed by atoms with E-state index in [4.69, 9.17) is 14.0 Å². The fourth-order valence-electron chi connectivity index (χ4n) is 4.09. The van der Waals surface area contributed by atoms with Crippen molar-refractivity contribution in [3.8, 4) is 11.5 Å². The summed E-state index contributed by atoms with van der Waals surface area (Å²) in [6, 6.07) is 5.87. The van der Waals surface area contributed by atoms with Gasteiger partial charge in [-0.15, -0.1) is 0 Å². The number of rotatable bonds is 7. The predicted molar refractivity (Wildman–Crippen MR) is 113 cm³/mol. The Hall–Kier alpha value is -2.10. The molecule has 0 amide bonds. The van der Waals surface area contributed by atoms with Gasteiger partial charge in [0.15, 0.2) is 11.5 Å². The first kappa shape index (κ1) is 21.6. The lowest BCUT2D eigenvalue weighted by molar-refractivity contribution is 0.248. The molecule has 1 aromatic heterocycles. The average molecular weight is 424 g/mol. The van der Waals surface area contributed by atoms with E-state index in [1.165, 1.54) is 7.05 Å². The third kappa shape index (κ3) is 4.73. The third-order valence-corrected chi connectivity index (χ3v) is 6.78. The summed E-state index contributed by atoms with van der Waals surface area (Å²) in [5.41, 5.74) is 1.96. The van der Waals surface area contributed by atoms with E-state index in [0.717, 1.165) is 46.8 Å². The van der Waals surface area contributed by atoms with Crippen molar-refractivity contribution in [1.82, 2.24) is 9.29 Å². The van der Waals surface area contributed by atoms with Crippen LogP contribution in [0.15, 0.2) is 24.4 Å². The van der Waals surface area contributed by atoms with Gasteiger partial charge < -0.3 is 14.4 Å². The molecule has 0 aliphatic carbocycles. The Balaban J connectivity index is 1.75. The highest BCUT2D eigenvalue weighted by atomic mass is 32.2. The zero-order valence-corrected chi connectivity index (χ0v) is 18.1. The molecule has 1 N–H and O–H groups in total. The van der Waals surface area contributed by atoms with Crippen molar-refractivity contribution in [1.29, 1.82) is 0 Å².